The van der Waals surface area contributed by atoms with E-state index >= 15 is 0 Å². The molecule has 0 amide bonds. The molecule has 0 spiro atoms. The number of para-hydroxylation sites is 1. The summed E-state index contributed by atoms with van der Waals surface area (Å²) in [6.07, 6.45) is 5.28. The Balaban J connectivity index is 0.985. The average Bonchev–Trinajstić information content (AvgIpc) is 3.65. The summed E-state index contributed by atoms with van der Waals surface area (Å²) in [5, 5.41) is 7.02. The van der Waals surface area contributed by atoms with Gasteiger partial charge in [0.2, 0.25) is 0 Å². The molecule has 1 unspecified atom stereocenters. The van der Waals surface area contributed by atoms with Gasteiger partial charge in [-0.3, -0.25) is 0 Å². The monoisotopic (exact) mass is 703 g/mol. The van der Waals surface area contributed by atoms with E-state index in [1.54, 1.807) is 0 Å². The summed E-state index contributed by atoms with van der Waals surface area (Å²) in [5.41, 5.74) is 10.9. The van der Waals surface area contributed by atoms with Gasteiger partial charge in [0.1, 0.15) is 17.0 Å². The number of benzene rings is 8. The van der Waals surface area contributed by atoms with Crippen LogP contribution in [-0.2, 0) is 6.42 Å². The standard InChI is InChI=1S/C51H33N3O/c1-3-10-36-28-38(22-18-32(36)8-1)34-16-20-35(21-17-34)49-52-50(42-26-19-33-9-2-4-11-37(33)30-42)54-51(53-49)43-27-24-39-29-41(25-23-40(39)31-43)44-13-7-15-47-48(44)45-12-5-6-14-46(45)55-47/h1-29,31,42H,30H2. The summed E-state index contributed by atoms with van der Waals surface area (Å²) in [6, 6.07) is 60.0. The molecule has 55 heavy (non-hydrogen) atoms. The second kappa shape index (κ2) is 12.8. The molecule has 2 heterocycles. The Bertz CT molecular complexity index is 3140. The molecule has 1 aliphatic rings. The third-order valence-electron chi connectivity index (χ3n) is 11.0. The predicted octanol–water partition coefficient (Wildman–Crippen LogP) is 13.1. The van der Waals surface area contributed by atoms with Crippen LogP contribution in [0.5, 0.6) is 0 Å². The zero-order chi connectivity index (χ0) is 36.3. The van der Waals surface area contributed by atoms with Crippen LogP contribution in [0.25, 0.3) is 94.6 Å². The lowest BCUT2D eigenvalue weighted by atomic mass is 9.89. The van der Waals surface area contributed by atoms with Crippen molar-refractivity contribution in [2.75, 3.05) is 0 Å². The van der Waals surface area contributed by atoms with Crippen LogP contribution in [-0.4, -0.2) is 15.0 Å². The van der Waals surface area contributed by atoms with E-state index in [-0.39, 0.29) is 5.92 Å². The Morgan fingerprint density at radius 3 is 1.96 bits per heavy atom. The molecule has 0 saturated carbocycles. The lowest BCUT2D eigenvalue weighted by Gasteiger charge is -2.19. The highest BCUT2D eigenvalue weighted by atomic mass is 16.3. The first-order valence-electron chi connectivity index (χ1n) is 18.8. The highest BCUT2D eigenvalue weighted by molar-refractivity contribution is 6.13. The normalized spacial score (nSPS) is 13.9. The predicted molar refractivity (Wildman–Crippen MR) is 226 cm³/mol. The minimum absolute atomic E-state index is 0.0389. The molecule has 0 fully saturated rings. The fourth-order valence-corrected chi connectivity index (χ4v) is 8.15. The molecule has 0 bridgehead atoms. The molecule has 0 aliphatic heterocycles. The lowest BCUT2D eigenvalue weighted by molar-refractivity contribution is 0.669. The van der Waals surface area contributed by atoms with E-state index in [9.17, 15) is 0 Å². The molecule has 0 N–H and O–H groups in total. The van der Waals surface area contributed by atoms with Crippen molar-refractivity contribution in [1.82, 2.24) is 15.0 Å². The van der Waals surface area contributed by atoms with Gasteiger partial charge in [-0.25, -0.2) is 15.0 Å². The van der Waals surface area contributed by atoms with Crippen LogP contribution < -0.4 is 0 Å². The van der Waals surface area contributed by atoms with Crippen molar-refractivity contribution in [3.05, 3.63) is 193 Å². The van der Waals surface area contributed by atoms with Gasteiger partial charge in [0.15, 0.2) is 11.6 Å². The first-order chi connectivity index (χ1) is 27.2. The van der Waals surface area contributed by atoms with Crippen LogP contribution in [0.15, 0.2) is 180 Å². The van der Waals surface area contributed by atoms with E-state index < -0.39 is 0 Å². The maximum absolute atomic E-state index is 6.20. The second-order valence-corrected chi connectivity index (χ2v) is 14.4. The Hall–Kier alpha value is -7.17. The molecule has 0 radical (unpaired) electrons. The molecule has 0 saturated heterocycles. The van der Waals surface area contributed by atoms with Gasteiger partial charge in [-0.15, -0.1) is 0 Å². The first kappa shape index (κ1) is 31.4. The number of hydrogen-bond donors (Lipinski definition) is 0. The largest absolute Gasteiger partial charge is 0.456 e. The van der Waals surface area contributed by atoms with Crippen LogP contribution in [0.1, 0.15) is 22.9 Å². The van der Waals surface area contributed by atoms with Crippen molar-refractivity contribution >= 4 is 49.6 Å². The molecule has 10 aromatic rings. The van der Waals surface area contributed by atoms with E-state index in [2.05, 4.69) is 164 Å². The summed E-state index contributed by atoms with van der Waals surface area (Å²) in [4.78, 5) is 15.4. The van der Waals surface area contributed by atoms with Crippen LogP contribution in [0.2, 0.25) is 0 Å². The highest BCUT2D eigenvalue weighted by Crippen LogP contribution is 2.38. The van der Waals surface area contributed by atoms with Crippen molar-refractivity contribution < 1.29 is 4.42 Å². The summed E-state index contributed by atoms with van der Waals surface area (Å²) in [7, 11) is 0. The smallest absolute Gasteiger partial charge is 0.163 e. The number of nitrogens with zero attached hydrogens (tertiary/aromatic N) is 3. The lowest BCUT2D eigenvalue weighted by Crippen LogP contribution is -2.12. The van der Waals surface area contributed by atoms with Crippen molar-refractivity contribution in [2.45, 2.75) is 12.3 Å². The van der Waals surface area contributed by atoms with E-state index in [1.165, 1.54) is 27.5 Å². The molecule has 11 rings (SSSR count). The second-order valence-electron chi connectivity index (χ2n) is 14.4. The van der Waals surface area contributed by atoms with Crippen molar-refractivity contribution in [2.24, 2.45) is 0 Å². The SMILES string of the molecule is C1=CC(c2nc(-c3ccc(-c4ccc5ccccc5c4)cc3)nc(-c3ccc4cc(-c5cccc6oc7ccccc7c56)ccc4c3)n2)Cc2ccccc21. The average molecular weight is 704 g/mol. The van der Waals surface area contributed by atoms with E-state index in [1.807, 2.05) is 18.2 Å². The Kier molecular flexibility index (Phi) is 7.27. The number of fused-ring (bicyclic) bond motifs is 6. The molecule has 1 atom stereocenters. The van der Waals surface area contributed by atoms with E-state index in [4.69, 9.17) is 19.4 Å². The molecule has 1 aliphatic carbocycles. The molecule has 2 aromatic heterocycles. The van der Waals surface area contributed by atoms with Gasteiger partial charge >= 0.3 is 0 Å². The van der Waals surface area contributed by atoms with Crippen LogP contribution in [0, 0.1) is 0 Å². The van der Waals surface area contributed by atoms with Gasteiger partial charge in [0.25, 0.3) is 0 Å². The number of rotatable bonds is 5. The molecule has 8 aromatic carbocycles. The zero-order valence-electron chi connectivity index (χ0n) is 29.9. The van der Waals surface area contributed by atoms with Gasteiger partial charge in [-0.1, -0.05) is 152 Å². The summed E-state index contributed by atoms with van der Waals surface area (Å²) in [5.74, 6) is 2.16. The minimum atomic E-state index is 0.0389. The molecular weight excluding hydrogens is 671 g/mol. The van der Waals surface area contributed by atoms with Crippen LogP contribution in [0.3, 0.4) is 0 Å². The van der Waals surface area contributed by atoms with E-state index in [0.29, 0.717) is 11.6 Å². The Labute approximate surface area is 318 Å². The fraction of sp³-hybridized carbons (Fsp3) is 0.0392. The van der Waals surface area contributed by atoms with Gasteiger partial charge in [0, 0.05) is 27.8 Å². The fourth-order valence-electron chi connectivity index (χ4n) is 8.15. The summed E-state index contributed by atoms with van der Waals surface area (Å²) >= 11 is 0. The number of hydrogen-bond acceptors (Lipinski definition) is 4. The summed E-state index contributed by atoms with van der Waals surface area (Å²) < 4.78 is 6.20. The maximum atomic E-state index is 6.20. The van der Waals surface area contributed by atoms with Crippen molar-refractivity contribution in [3.8, 4) is 45.0 Å². The highest BCUT2D eigenvalue weighted by Gasteiger charge is 2.21. The van der Waals surface area contributed by atoms with Gasteiger partial charge in [-0.05, 0) is 91.7 Å². The summed E-state index contributed by atoms with van der Waals surface area (Å²) in [6.45, 7) is 0. The van der Waals surface area contributed by atoms with E-state index in [0.717, 1.165) is 72.8 Å². The first-order valence-corrected chi connectivity index (χ1v) is 18.8. The number of allylic oxidation sites excluding steroid dienone is 1. The van der Waals surface area contributed by atoms with Crippen molar-refractivity contribution in [1.29, 1.82) is 0 Å². The quantitative estimate of drug-likeness (QED) is 0.179. The number of furan rings is 1. The van der Waals surface area contributed by atoms with Crippen LogP contribution >= 0.6 is 0 Å². The zero-order valence-corrected chi connectivity index (χ0v) is 29.9. The minimum Gasteiger partial charge on any atom is -0.456 e. The number of aromatic nitrogens is 3. The van der Waals surface area contributed by atoms with Crippen LogP contribution in [0.4, 0.5) is 0 Å². The van der Waals surface area contributed by atoms with Gasteiger partial charge < -0.3 is 4.42 Å². The topological polar surface area (TPSA) is 51.8 Å². The molecule has 4 heteroatoms. The Morgan fingerprint density at radius 1 is 0.455 bits per heavy atom. The molecular formula is C51H33N3O. The molecule has 258 valence electrons. The third kappa shape index (κ3) is 5.58. The van der Waals surface area contributed by atoms with Crippen molar-refractivity contribution in [3.63, 3.8) is 0 Å². The van der Waals surface area contributed by atoms with Gasteiger partial charge in [-0.2, -0.15) is 0 Å². The molecule has 4 nitrogen and oxygen atoms in total. The van der Waals surface area contributed by atoms with Gasteiger partial charge in [0.05, 0.1) is 0 Å². The third-order valence-corrected chi connectivity index (χ3v) is 11.0. The Morgan fingerprint density at radius 2 is 1.07 bits per heavy atom. The maximum Gasteiger partial charge on any atom is 0.163 e.